The van der Waals surface area contributed by atoms with E-state index in [9.17, 15) is 52.7 Å². The van der Waals surface area contributed by atoms with Gasteiger partial charge in [0, 0.05) is 55.9 Å². The lowest BCUT2D eigenvalue weighted by Gasteiger charge is -2.38. The molecule has 0 radical (unpaired) electrons. The molecule has 0 spiro atoms. The SMILES string of the molecule is C/C=C/C[C@@H](C)CCN(C)C(=O)N(C)C(=O)N(C)C(=O)[C@H](CC(C)C)N(C)C(=O)[C@@H](C)NC(=O)[C@@H](C)NC(=O)N(C)C(=O)[C@H](NC(=O)[C@H](C(C)CC)N(C)C(=O)[C@@H](CC)N(C)C(=O)NC=O)C(C)(C)C. The van der Waals surface area contributed by atoms with E-state index in [0.29, 0.717) is 30.2 Å². The highest BCUT2D eigenvalue weighted by molar-refractivity contribution is 6.04. The fourth-order valence-electron chi connectivity index (χ4n) is 7.44. The van der Waals surface area contributed by atoms with E-state index in [1.165, 1.54) is 58.9 Å². The number of allylic oxidation sites excluding steroid dienone is 2. The standard InChI is InChI=1S/C48H85N11O11/c1-20-23-24-30(6)25-26-53(13)46(69)59(19)47(70)58(18)42(65)35(27-29(4)5)54(14)40(63)33(9)50-38(61)32(8)51-45(68)57(17)43(66)37(48(10,11)12)52-39(62)36(31(7)21-2)56(16)41(64)34(22-3)55(15)44(67)49-28-60/h20,23,28-37H,21-22,24-27H2,1-19H3,(H,50,61)(H,51,68)(H,52,62)(H,49,60,67)/b23-20+/t30-,31?,32-,33-,34-,35+,36+,37+/m1/s1. The second-order valence-corrected chi connectivity index (χ2v) is 19.7. The molecular weight excluding hydrogens is 907 g/mol. The van der Waals surface area contributed by atoms with Gasteiger partial charge in [-0.1, -0.05) is 80.9 Å². The predicted molar refractivity (Wildman–Crippen MR) is 265 cm³/mol. The maximum Gasteiger partial charge on any atom is 0.334 e. The quantitative estimate of drug-likeness (QED) is 0.0852. The molecule has 70 heavy (non-hydrogen) atoms. The summed E-state index contributed by atoms with van der Waals surface area (Å²) in [7, 11) is 9.35. The second kappa shape index (κ2) is 29.2. The van der Waals surface area contributed by atoms with Gasteiger partial charge in [0.05, 0.1) is 0 Å². The van der Waals surface area contributed by atoms with Crippen molar-refractivity contribution in [1.29, 1.82) is 0 Å². The van der Waals surface area contributed by atoms with Crippen molar-refractivity contribution in [2.45, 2.75) is 151 Å². The van der Waals surface area contributed by atoms with Gasteiger partial charge in [-0.3, -0.25) is 48.7 Å². The van der Waals surface area contributed by atoms with Crippen molar-refractivity contribution in [3.05, 3.63) is 12.2 Å². The van der Waals surface area contributed by atoms with Gasteiger partial charge in [0.1, 0.15) is 36.3 Å². The van der Waals surface area contributed by atoms with Crippen molar-refractivity contribution < 1.29 is 52.7 Å². The summed E-state index contributed by atoms with van der Waals surface area (Å²) in [5.74, 6) is -4.65. The molecule has 1 unspecified atom stereocenters. The summed E-state index contributed by atoms with van der Waals surface area (Å²) >= 11 is 0. The monoisotopic (exact) mass is 992 g/mol. The van der Waals surface area contributed by atoms with Crippen molar-refractivity contribution >= 4 is 66.0 Å². The number of hydrogen-bond donors (Lipinski definition) is 4. The molecular formula is C48H85N11O11. The van der Waals surface area contributed by atoms with Crippen LogP contribution < -0.4 is 21.3 Å². The Morgan fingerprint density at radius 3 is 1.64 bits per heavy atom. The third-order valence-corrected chi connectivity index (χ3v) is 12.4. The van der Waals surface area contributed by atoms with Gasteiger partial charge in [0.25, 0.3) is 11.8 Å². The Hall–Kier alpha value is -6.09. The van der Waals surface area contributed by atoms with Crippen LogP contribution in [0.5, 0.6) is 0 Å². The zero-order valence-electron chi connectivity index (χ0n) is 45.3. The third kappa shape index (κ3) is 18.3. The Balaban J connectivity index is 6.11. The fraction of sp³-hybridized carbons (Fsp3) is 0.729. The Labute approximate surface area is 415 Å². The molecule has 0 aliphatic heterocycles. The van der Waals surface area contributed by atoms with Crippen molar-refractivity contribution in [3.8, 4) is 0 Å². The summed E-state index contributed by atoms with van der Waals surface area (Å²) in [6.07, 6.45) is 6.47. The normalized spacial score (nSPS) is 14.8. The lowest BCUT2D eigenvalue weighted by atomic mass is 9.85. The highest BCUT2D eigenvalue weighted by Crippen LogP contribution is 2.24. The van der Waals surface area contributed by atoms with Crippen molar-refractivity contribution in [2.75, 3.05) is 55.9 Å². The van der Waals surface area contributed by atoms with Crippen LogP contribution in [-0.4, -0.2) is 192 Å². The highest BCUT2D eigenvalue weighted by Gasteiger charge is 2.42. The molecule has 0 aromatic carbocycles. The number of rotatable bonds is 23. The van der Waals surface area contributed by atoms with Crippen molar-refractivity contribution in [1.82, 2.24) is 55.6 Å². The molecule has 8 atom stereocenters. The molecule has 15 amide bonds. The maximum atomic E-state index is 14.1. The number of amides is 15. The van der Waals surface area contributed by atoms with Crippen LogP contribution in [0, 0.1) is 23.2 Å². The number of carbonyl (C=O) groups excluding carboxylic acids is 11. The van der Waals surface area contributed by atoms with Gasteiger partial charge < -0.3 is 35.6 Å². The van der Waals surface area contributed by atoms with E-state index in [1.807, 2.05) is 45.2 Å². The van der Waals surface area contributed by atoms with Gasteiger partial charge in [-0.15, -0.1) is 0 Å². The highest BCUT2D eigenvalue weighted by atomic mass is 16.2. The zero-order valence-corrected chi connectivity index (χ0v) is 45.3. The number of urea groups is 4. The number of imide groups is 4. The van der Waals surface area contributed by atoms with E-state index < -0.39 is 107 Å². The summed E-state index contributed by atoms with van der Waals surface area (Å²) in [4.78, 5) is 154. The molecule has 0 rings (SSSR count). The smallest absolute Gasteiger partial charge is 0.334 e. The predicted octanol–water partition coefficient (Wildman–Crippen LogP) is 3.46. The van der Waals surface area contributed by atoms with Crippen molar-refractivity contribution in [3.63, 3.8) is 0 Å². The van der Waals surface area contributed by atoms with Crippen LogP contribution in [0.25, 0.3) is 0 Å². The maximum absolute atomic E-state index is 14.1. The largest absolute Gasteiger partial charge is 0.343 e. The van der Waals surface area contributed by atoms with E-state index >= 15 is 0 Å². The van der Waals surface area contributed by atoms with E-state index in [1.54, 1.807) is 41.7 Å². The molecule has 0 saturated carbocycles. The molecule has 0 aliphatic carbocycles. The van der Waals surface area contributed by atoms with Gasteiger partial charge in [0.2, 0.25) is 30.0 Å². The first-order chi connectivity index (χ1) is 32.3. The number of hydrogen-bond acceptors (Lipinski definition) is 11. The van der Waals surface area contributed by atoms with Crippen LogP contribution in [0.1, 0.15) is 115 Å². The van der Waals surface area contributed by atoms with Gasteiger partial charge in [-0.25, -0.2) is 24.1 Å². The molecule has 0 saturated heterocycles. The number of nitrogens with zero attached hydrogens (tertiary/aromatic N) is 7. The minimum atomic E-state index is -1.32. The molecule has 4 N–H and O–H groups in total. The number of likely N-dealkylation sites (N-methyl/N-ethyl adjacent to an activating group) is 5. The average molecular weight is 992 g/mol. The lowest BCUT2D eigenvalue weighted by molar-refractivity contribution is -0.146. The topological polar surface area (TPSA) is 259 Å². The minimum Gasteiger partial charge on any atom is -0.343 e. The van der Waals surface area contributed by atoms with Crippen LogP contribution in [0.15, 0.2) is 12.2 Å². The summed E-state index contributed by atoms with van der Waals surface area (Å²) in [6, 6.07) is -10.5. The summed E-state index contributed by atoms with van der Waals surface area (Å²) < 4.78 is 0. The summed E-state index contributed by atoms with van der Waals surface area (Å²) in [6.45, 7) is 21.0. The zero-order chi connectivity index (χ0) is 54.7. The molecule has 0 aromatic rings. The molecule has 0 aliphatic rings. The molecule has 0 bridgehead atoms. The first kappa shape index (κ1) is 63.9. The molecule has 0 aromatic heterocycles. The van der Waals surface area contributed by atoms with Gasteiger partial charge >= 0.3 is 24.1 Å². The minimum absolute atomic E-state index is 0.127. The van der Waals surface area contributed by atoms with Gasteiger partial charge in [0.15, 0.2) is 0 Å². The first-order valence-electron chi connectivity index (χ1n) is 23.9. The van der Waals surface area contributed by atoms with Crippen molar-refractivity contribution in [2.24, 2.45) is 23.2 Å². The van der Waals surface area contributed by atoms with E-state index in [-0.39, 0.29) is 25.2 Å². The van der Waals surface area contributed by atoms with Crippen LogP contribution in [0.2, 0.25) is 0 Å². The van der Waals surface area contributed by atoms with E-state index in [2.05, 4.69) is 22.9 Å². The second-order valence-electron chi connectivity index (χ2n) is 19.7. The summed E-state index contributed by atoms with van der Waals surface area (Å²) in [5.41, 5.74) is -0.987. The third-order valence-electron chi connectivity index (χ3n) is 12.4. The van der Waals surface area contributed by atoms with Crippen LogP contribution in [0.4, 0.5) is 19.2 Å². The van der Waals surface area contributed by atoms with Crippen LogP contribution >= 0.6 is 0 Å². The Bertz CT molecular complexity index is 1890. The van der Waals surface area contributed by atoms with Crippen LogP contribution in [-0.2, 0) is 33.6 Å². The number of carbonyl (C=O) groups is 11. The molecule has 0 heterocycles. The lowest BCUT2D eigenvalue weighted by Crippen LogP contribution is -2.62. The average Bonchev–Trinajstić information content (AvgIpc) is 3.30. The van der Waals surface area contributed by atoms with Gasteiger partial charge in [-0.05, 0) is 69.6 Å². The van der Waals surface area contributed by atoms with E-state index in [0.717, 1.165) is 33.1 Å². The fourth-order valence-corrected chi connectivity index (χ4v) is 7.44. The van der Waals surface area contributed by atoms with Crippen LogP contribution in [0.3, 0.4) is 0 Å². The Morgan fingerprint density at radius 1 is 0.586 bits per heavy atom. The molecule has 22 heteroatoms. The number of nitrogens with one attached hydrogen (secondary N) is 4. The Morgan fingerprint density at radius 2 is 1.16 bits per heavy atom. The van der Waals surface area contributed by atoms with Gasteiger partial charge in [-0.2, -0.15) is 0 Å². The summed E-state index contributed by atoms with van der Waals surface area (Å²) in [5, 5.41) is 9.70. The van der Waals surface area contributed by atoms with E-state index in [4.69, 9.17) is 0 Å². The molecule has 398 valence electrons. The first-order valence-corrected chi connectivity index (χ1v) is 23.9. The molecule has 0 fully saturated rings. The molecule has 22 nitrogen and oxygen atoms in total. The Kier molecular flexibility index (Phi) is 26.6.